The number of thiazole rings is 1. The fourth-order valence-corrected chi connectivity index (χ4v) is 6.11. The molecule has 0 radical (unpaired) electrons. The number of carboxylic acid groups (broad SMARTS) is 1. The van der Waals surface area contributed by atoms with E-state index in [-0.39, 0.29) is 24.8 Å². The Bertz CT molecular complexity index is 1300. The van der Waals surface area contributed by atoms with Gasteiger partial charge < -0.3 is 15.3 Å². The van der Waals surface area contributed by atoms with E-state index in [0.29, 0.717) is 12.8 Å². The largest absolute Gasteiger partial charge is 0.481 e. The average molecular weight is 537 g/mol. The minimum Gasteiger partial charge on any atom is -0.481 e. The minimum absolute atomic E-state index is 0.132. The molecule has 2 N–H and O–H groups in total. The van der Waals surface area contributed by atoms with E-state index >= 15 is 0 Å². The number of carbonyl (C=O) groups is 3. The summed E-state index contributed by atoms with van der Waals surface area (Å²) in [5.41, 5.74) is 2.81. The maximum absolute atomic E-state index is 13.2. The second kappa shape index (κ2) is 11.0. The molecule has 3 aromatic rings. The average Bonchev–Trinajstić information content (AvgIpc) is 3.64. The molecule has 3 heterocycles. The molecule has 0 bridgehead atoms. The Labute approximate surface area is 225 Å². The maximum Gasteiger partial charge on any atom is 0.304 e. The van der Waals surface area contributed by atoms with E-state index in [0.717, 1.165) is 66.7 Å². The Balaban J connectivity index is 1.15. The van der Waals surface area contributed by atoms with Gasteiger partial charge in [0, 0.05) is 56.8 Å². The molecule has 1 aromatic carbocycles. The Kier molecular flexibility index (Phi) is 7.57. The highest BCUT2D eigenvalue weighted by molar-refractivity contribution is 7.09. The van der Waals surface area contributed by atoms with Gasteiger partial charge in [0.15, 0.2) is 0 Å². The van der Waals surface area contributed by atoms with Crippen LogP contribution < -0.4 is 5.32 Å². The van der Waals surface area contributed by atoms with E-state index in [9.17, 15) is 19.5 Å². The highest BCUT2D eigenvalue weighted by atomic mass is 32.1. The summed E-state index contributed by atoms with van der Waals surface area (Å²) in [5.74, 6) is -1.09. The van der Waals surface area contributed by atoms with Gasteiger partial charge in [-0.1, -0.05) is 24.3 Å². The molecule has 1 aliphatic heterocycles. The molecule has 0 spiro atoms. The fraction of sp³-hybridized carbons (Fsp3) is 0.444. The predicted octanol–water partition coefficient (Wildman–Crippen LogP) is 2.05. The number of aliphatic carboxylic acids is 1. The van der Waals surface area contributed by atoms with Gasteiger partial charge in [0.2, 0.25) is 11.8 Å². The monoisotopic (exact) mass is 536 g/mol. The number of carboxylic acids is 1. The van der Waals surface area contributed by atoms with Crippen LogP contribution in [-0.4, -0.2) is 80.2 Å². The van der Waals surface area contributed by atoms with E-state index in [2.05, 4.69) is 20.3 Å². The number of fused-ring (bicyclic) bond motifs is 1. The van der Waals surface area contributed by atoms with Crippen molar-refractivity contribution in [2.75, 3.05) is 32.7 Å². The van der Waals surface area contributed by atoms with Crippen LogP contribution >= 0.6 is 11.3 Å². The zero-order valence-corrected chi connectivity index (χ0v) is 22.2. The lowest BCUT2D eigenvalue weighted by molar-refractivity contribution is -0.145. The van der Waals surface area contributed by atoms with E-state index in [4.69, 9.17) is 0 Å². The lowest BCUT2D eigenvalue weighted by atomic mass is 9.80. The number of amides is 2. The van der Waals surface area contributed by atoms with Crippen LogP contribution in [-0.2, 0) is 40.3 Å². The molecule has 10 nitrogen and oxygen atoms in total. The van der Waals surface area contributed by atoms with E-state index in [1.165, 1.54) is 11.3 Å². The Morgan fingerprint density at radius 3 is 2.45 bits per heavy atom. The second-order valence-electron chi connectivity index (χ2n) is 10.1. The molecule has 1 aliphatic carbocycles. The summed E-state index contributed by atoms with van der Waals surface area (Å²) >= 11 is 1.46. The Hall–Kier alpha value is -3.57. The first-order valence-corrected chi connectivity index (χ1v) is 13.7. The zero-order valence-electron chi connectivity index (χ0n) is 21.4. The van der Waals surface area contributed by atoms with Gasteiger partial charge in [0.1, 0.15) is 5.01 Å². The van der Waals surface area contributed by atoms with Gasteiger partial charge in [-0.05, 0) is 24.0 Å². The van der Waals surface area contributed by atoms with Crippen LogP contribution in [0.25, 0.3) is 11.3 Å². The van der Waals surface area contributed by atoms with Crippen molar-refractivity contribution in [3.63, 3.8) is 0 Å². The van der Waals surface area contributed by atoms with Crippen molar-refractivity contribution >= 4 is 29.1 Å². The third kappa shape index (κ3) is 5.78. The number of hydrogen-bond donors (Lipinski definition) is 2. The summed E-state index contributed by atoms with van der Waals surface area (Å²) in [5, 5.41) is 19.6. The summed E-state index contributed by atoms with van der Waals surface area (Å²) < 4.78 is 1.90. The summed E-state index contributed by atoms with van der Waals surface area (Å²) in [4.78, 5) is 45.2. The van der Waals surface area contributed by atoms with Crippen LogP contribution in [0.15, 0.2) is 42.0 Å². The molecule has 0 atom stereocenters. The van der Waals surface area contributed by atoms with Gasteiger partial charge in [0.05, 0.1) is 36.8 Å². The zero-order chi connectivity index (χ0) is 26.7. The lowest BCUT2D eigenvalue weighted by Gasteiger charge is -2.34. The third-order valence-electron chi connectivity index (χ3n) is 7.49. The van der Waals surface area contributed by atoms with Crippen LogP contribution in [0.4, 0.5) is 0 Å². The van der Waals surface area contributed by atoms with E-state index < -0.39 is 11.4 Å². The van der Waals surface area contributed by atoms with Crippen LogP contribution in [0.3, 0.4) is 0 Å². The number of nitrogens with one attached hydrogen (secondary N) is 1. The van der Waals surface area contributed by atoms with Crippen LogP contribution in [0.2, 0.25) is 0 Å². The number of rotatable bonds is 9. The molecule has 11 heteroatoms. The summed E-state index contributed by atoms with van der Waals surface area (Å²) in [6.07, 6.45) is 4.41. The standard InChI is InChI=1S/C27H32N6O4S/c1-19(34)32-9-6-31(7-10-32)8-11-33-17-22(15-29-33)23-18-38-24(30-23)16-28-26(37)27(14-25(35)36)12-20-4-2-3-5-21(20)13-27/h2-5,15,17-18H,6-14,16H2,1H3,(H,28,37)(H,35,36). The van der Waals surface area contributed by atoms with Gasteiger partial charge in [-0.3, -0.25) is 24.0 Å². The molecule has 1 fully saturated rings. The van der Waals surface area contributed by atoms with Crippen LogP contribution in [0.1, 0.15) is 29.5 Å². The maximum atomic E-state index is 13.2. The molecule has 2 aromatic heterocycles. The van der Waals surface area contributed by atoms with Gasteiger partial charge in [-0.25, -0.2) is 4.98 Å². The van der Waals surface area contributed by atoms with E-state index in [1.54, 1.807) is 13.1 Å². The molecular formula is C27H32N6O4S. The van der Waals surface area contributed by atoms with Crippen LogP contribution in [0.5, 0.6) is 0 Å². The van der Waals surface area contributed by atoms with Gasteiger partial charge in [-0.15, -0.1) is 11.3 Å². The normalized spacial score (nSPS) is 16.8. The van der Waals surface area contributed by atoms with Gasteiger partial charge in [-0.2, -0.15) is 5.10 Å². The third-order valence-corrected chi connectivity index (χ3v) is 8.34. The fourth-order valence-electron chi connectivity index (χ4n) is 5.37. The first kappa shape index (κ1) is 26.1. The van der Waals surface area contributed by atoms with Crippen LogP contribution in [0, 0.1) is 5.41 Å². The predicted molar refractivity (Wildman–Crippen MR) is 142 cm³/mol. The molecule has 5 rings (SSSR count). The molecule has 0 unspecified atom stereocenters. The minimum atomic E-state index is -0.977. The second-order valence-corrected chi connectivity index (χ2v) is 11.1. The number of carbonyl (C=O) groups excluding carboxylic acids is 2. The molecular weight excluding hydrogens is 504 g/mol. The number of hydrogen-bond acceptors (Lipinski definition) is 7. The van der Waals surface area contributed by atoms with Crippen molar-refractivity contribution in [2.45, 2.75) is 39.3 Å². The first-order valence-electron chi connectivity index (χ1n) is 12.8. The Morgan fingerprint density at radius 1 is 1.08 bits per heavy atom. The van der Waals surface area contributed by atoms with Crippen molar-refractivity contribution in [1.29, 1.82) is 0 Å². The quantitative estimate of drug-likeness (QED) is 0.429. The van der Waals surface area contributed by atoms with Crippen molar-refractivity contribution in [3.8, 4) is 11.3 Å². The van der Waals surface area contributed by atoms with Gasteiger partial charge in [0.25, 0.3) is 0 Å². The number of aromatic nitrogens is 3. The number of benzene rings is 1. The molecule has 2 aliphatic rings. The summed E-state index contributed by atoms with van der Waals surface area (Å²) in [6, 6.07) is 7.77. The lowest BCUT2D eigenvalue weighted by Crippen LogP contribution is -2.48. The first-order chi connectivity index (χ1) is 18.3. The topological polar surface area (TPSA) is 121 Å². The number of piperazine rings is 1. The number of nitrogens with zero attached hydrogens (tertiary/aromatic N) is 5. The van der Waals surface area contributed by atoms with Crippen molar-refractivity contribution in [3.05, 3.63) is 58.2 Å². The molecule has 1 saturated heterocycles. The highest BCUT2D eigenvalue weighted by Gasteiger charge is 2.45. The molecule has 38 heavy (non-hydrogen) atoms. The summed E-state index contributed by atoms with van der Waals surface area (Å²) in [6.45, 7) is 6.75. The van der Waals surface area contributed by atoms with Gasteiger partial charge >= 0.3 is 5.97 Å². The Morgan fingerprint density at radius 2 is 1.79 bits per heavy atom. The molecule has 200 valence electrons. The summed E-state index contributed by atoms with van der Waals surface area (Å²) in [7, 11) is 0. The van der Waals surface area contributed by atoms with Crippen molar-refractivity contribution in [1.82, 2.24) is 29.9 Å². The van der Waals surface area contributed by atoms with Crippen molar-refractivity contribution in [2.24, 2.45) is 5.41 Å². The molecule has 2 amide bonds. The van der Waals surface area contributed by atoms with E-state index in [1.807, 2.05) is 45.4 Å². The van der Waals surface area contributed by atoms with Crippen molar-refractivity contribution < 1.29 is 19.5 Å². The smallest absolute Gasteiger partial charge is 0.304 e. The SMILES string of the molecule is CC(=O)N1CCN(CCn2cc(-c3csc(CNC(=O)C4(CC(=O)O)Cc5ccccc5C4)n3)cn2)CC1. The molecule has 0 saturated carbocycles. The highest BCUT2D eigenvalue weighted by Crippen LogP contribution is 2.40.